The lowest BCUT2D eigenvalue weighted by Gasteiger charge is -2.20. The van der Waals surface area contributed by atoms with E-state index in [-0.39, 0.29) is 0 Å². The van der Waals surface area contributed by atoms with Crippen LogP contribution < -0.4 is 0 Å². The number of hydrogen-bond acceptors (Lipinski definition) is 4. The summed E-state index contributed by atoms with van der Waals surface area (Å²) in [5.74, 6) is 0.923. The molecule has 1 aliphatic heterocycles. The Balaban J connectivity index is 1.29. The molecule has 184 valence electrons. The third-order valence-electron chi connectivity index (χ3n) is 7.30. The topological polar surface area (TPSA) is 43.6 Å². The molecule has 8 rings (SSSR count). The minimum Gasteiger partial charge on any atom is -0.287 e. The van der Waals surface area contributed by atoms with E-state index in [1.54, 1.807) is 11.8 Å². The zero-order valence-corrected chi connectivity index (χ0v) is 21.8. The van der Waals surface area contributed by atoms with Crippen LogP contribution in [0.15, 0.2) is 126 Å². The van der Waals surface area contributed by atoms with Crippen LogP contribution in [0.5, 0.6) is 0 Å². The van der Waals surface area contributed by atoms with Crippen LogP contribution in [0.3, 0.4) is 0 Å². The lowest BCUT2D eigenvalue weighted by atomic mass is 9.97. The molecular weight excluding hydrogens is 496 g/mol. The number of imidazole rings is 1. The summed E-state index contributed by atoms with van der Waals surface area (Å²) in [7, 11) is 0. The third-order valence-corrected chi connectivity index (χ3v) is 8.29. The van der Waals surface area contributed by atoms with Crippen molar-refractivity contribution >= 4 is 33.8 Å². The number of para-hydroxylation sites is 4. The Morgan fingerprint density at radius 3 is 1.97 bits per heavy atom. The summed E-state index contributed by atoms with van der Waals surface area (Å²) < 4.78 is 2.30. The van der Waals surface area contributed by atoms with E-state index in [1.165, 1.54) is 16.8 Å². The number of nitrogens with zero attached hydrogens (tertiary/aromatic N) is 4. The maximum atomic E-state index is 5.11. The van der Waals surface area contributed by atoms with Gasteiger partial charge >= 0.3 is 0 Å². The lowest BCUT2D eigenvalue weighted by molar-refractivity contribution is 0.895. The van der Waals surface area contributed by atoms with Crippen LogP contribution >= 0.6 is 11.8 Å². The maximum absolute atomic E-state index is 5.11. The minimum atomic E-state index is 0.888. The summed E-state index contributed by atoms with van der Waals surface area (Å²) in [4.78, 5) is 15.0. The van der Waals surface area contributed by atoms with Crippen molar-refractivity contribution in [3.63, 3.8) is 0 Å². The second kappa shape index (κ2) is 8.93. The molecule has 3 heterocycles. The molecule has 0 saturated heterocycles. The maximum Gasteiger partial charge on any atom is 0.174 e. The lowest BCUT2D eigenvalue weighted by Crippen LogP contribution is -2.06. The standard InChI is InChI=1S/C34H22N4S/c1-2-9-22(10-3-1)32-33(36-28-14-5-4-13-27(28)35-32)25-12-8-11-23(19-25)24-17-18-26-21-39-34-37-29-15-6-7-16-30(29)38(34)31(26)20-24/h1-20H,21H2. The zero-order chi connectivity index (χ0) is 25.8. The van der Waals surface area contributed by atoms with Crippen molar-refractivity contribution in [3.05, 3.63) is 127 Å². The minimum absolute atomic E-state index is 0.888. The Morgan fingerprint density at radius 2 is 1.15 bits per heavy atom. The highest BCUT2D eigenvalue weighted by atomic mass is 32.2. The first-order valence-corrected chi connectivity index (χ1v) is 14.0. The van der Waals surface area contributed by atoms with E-state index in [0.717, 1.165) is 61.1 Å². The highest BCUT2D eigenvalue weighted by Gasteiger charge is 2.21. The average molecular weight is 519 g/mol. The van der Waals surface area contributed by atoms with Gasteiger partial charge in [0.05, 0.1) is 39.1 Å². The predicted molar refractivity (Wildman–Crippen MR) is 160 cm³/mol. The van der Waals surface area contributed by atoms with Gasteiger partial charge in [-0.05, 0) is 53.1 Å². The number of hydrogen-bond donors (Lipinski definition) is 0. The van der Waals surface area contributed by atoms with Crippen LogP contribution in [0.4, 0.5) is 0 Å². The molecule has 0 unspecified atom stereocenters. The van der Waals surface area contributed by atoms with Gasteiger partial charge in [0.2, 0.25) is 0 Å². The van der Waals surface area contributed by atoms with Crippen LogP contribution in [0.2, 0.25) is 0 Å². The van der Waals surface area contributed by atoms with Gasteiger partial charge in [-0.15, -0.1) is 0 Å². The molecule has 0 radical (unpaired) electrons. The van der Waals surface area contributed by atoms with E-state index in [4.69, 9.17) is 15.0 Å². The number of benzene rings is 5. The highest BCUT2D eigenvalue weighted by Crippen LogP contribution is 2.39. The van der Waals surface area contributed by atoms with Gasteiger partial charge in [0.25, 0.3) is 0 Å². The molecular formula is C34H22N4S. The van der Waals surface area contributed by atoms with Crippen LogP contribution in [0.25, 0.3) is 61.4 Å². The van der Waals surface area contributed by atoms with Crippen molar-refractivity contribution in [2.24, 2.45) is 0 Å². The Morgan fingerprint density at radius 1 is 0.513 bits per heavy atom. The Bertz CT molecular complexity index is 2030. The van der Waals surface area contributed by atoms with Gasteiger partial charge in [0.15, 0.2) is 5.16 Å². The van der Waals surface area contributed by atoms with Crippen molar-refractivity contribution in [1.29, 1.82) is 0 Å². The van der Waals surface area contributed by atoms with Crippen molar-refractivity contribution in [1.82, 2.24) is 19.5 Å². The monoisotopic (exact) mass is 518 g/mol. The van der Waals surface area contributed by atoms with Crippen molar-refractivity contribution in [3.8, 4) is 39.3 Å². The van der Waals surface area contributed by atoms with Crippen molar-refractivity contribution < 1.29 is 0 Å². The number of aromatic nitrogens is 4. The molecule has 0 fully saturated rings. The molecule has 1 aliphatic rings. The average Bonchev–Trinajstić information content (AvgIpc) is 3.40. The van der Waals surface area contributed by atoms with Gasteiger partial charge in [-0.2, -0.15) is 0 Å². The molecule has 2 aromatic heterocycles. The van der Waals surface area contributed by atoms with E-state index in [1.807, 2.05) is 48.5 Å². The van der Waals surface area contributed by atoms with E-state index >= 15 is 0 Å². The molecule has 0 atom stereocenters. The summed E-state index contributed by atoms with van der Waals surface area (Å²) in [6, 6.07) is 42.2. The Hall–Kier alpha value is -4.74. The number of rotatable bonds is 3. The predicted octanol–water partition coefficient (Wildman–Crippen LogP) is 8.58. The van der Waals surface area contributed by atoms with Gasteiger partial charge in [-0.3, -0.25) is 4.57 Å². The molecule has 39 heavy (non-hydrogen) atoms. The van der Waals surface area contributed by atoms with Gasteiger partial charge in [0.1, 0.15) is 0 Å². The molecule has 0 amide bonds. The molecule has 4 nitrogen and oxygen atoms in total. The first kappa shape index (κ1) is 22.3. The van der Waals surface area contributed by atoms with E-state index in [9.17, 15) is 0 Å². The molecule has 0 bridgehead atoms. The van der Waals surface area contributed by atoms with Crippen LogP contribution in [0.1, 0.15) is 5.56 Å². The molecule has 5 aromatic carbocycles. The molecule has 7 aromatic rings. The summed E-state index contributed by atoms with van der Waals surface area (Å²) in [5, 5.41) is 1.05. The van der Waals surface area contributed by atoms with Gasteiger partial charge in [0, 0.05) is 16.9 Å². The smallest absolute Gasteiger partial charge is 0.174 e. The SMILES string of the molecule is c1ccc(-c2nc3ccccc3nc2-c2cccc(-c3ccc4c(c3)-n3c(nc5ccccc53)SC4)c2)cc1. The summed E-state index contributed by atoms with van der Waals surface area (Å²) in [6.07, 6.45) is 0. The summed E-state index contributed by atoms with van der Waals surface area (Å²) in [5.41, 5.74) is 12.7. The van der Waals surface area contributed by atoms with Crippen LogP contribution in [-0.4, -0.2) is 19.5 Å². The fraction of sp³-hybridized carbons (Fsp3) is 0.0294. The number of fused-ring (bicyclic) bond motifs is 6. The number of thioether (sulfide) groups is 1. The Kier molecular flexibility index (Phi) is 5.10. The normalized spacial score (nSPS) is 12.4. The van der Waals surface area contributed by atoms with Gasteiger partial charge in [-0.1, -0.05) is 96.7 Å². The fourth-order valence-corrected chi connectivity index (χ4v) is 6.41. The summed E-state index contributed by atoms with van der Waals surface area (Å²) >= 11 is 1.80. The van der Waals surface area contributed by atoms with Gasteiger partial charge in [-0.25, -0.2) is 15.0 Å². The largest absolute Gasteiger partial charge is 0.287 e. The fourth-order valence-electron chi connectivity index (χ4n) is 5.39. The zero-order valence-electron chi connectivity index (χ0n) is 21.0. The van der Waals surface area contributed by atoms with Crippen LogP contribution in [0, 0.1) is 0 Å². The molecule has 0 aliphatic carbocycles. The van der Waals surface area contributed by atoms with E-state index in [0.29, 0.717) is 0 Å². The van der Waals surface area contributed by atoms with Crippen molar-refractivity contribution in [2.75, 3.05) is 0 Å². The molecule has 0 saturated carbocycles. The first-order chi connectivity index (χ1) is 19.3. The first-order valence-electron chi connectivity index (χ1n) is 13.0. The highest BCUT2D eigenvalue weighted by molar-refractivity contribution is 7.98. The van der Waals surface area contributed by atoms with Crippen molar-refractivity contribution in [2.45, 2.75) is 10.9 Å². The second-order valence-electron chi connectivity index (χ2n) is 9.71. The molecule has 0 N–H and O–H groups in total. The van der Waals surface area contributed by atoms with E-state index in [2.05, 4.69) is 77.4 Å². The molecule has 0 spiro atoms. The second-order valence-corrected chi connectivity index (χ2v) is 10.6. The quantitative estimate of drug-likeness (QED) is 0.235. The summed E-state index contributed by atoms with van der Waals surface area (Å²) in [6.45, 7) is 0. The third kappa shape index (κ3) is 3.74. The van der Waals surface area contributed by atoms with E-state index < -0.39 is 0 Å². The van der Waals surface area contributed by atoms with Gasteiger partial charge < -0.3 is 0 Å². The Labute approximate surface area is 230 Å². The molecule has 5 heteroatoms. The van der Waals surface area contributed by atoms with Crippen LogP contribution in [-0.2, 0) is 5.75 Å².